The van der Waals surface area contributed by atoms with Gasteiger partial charge in [-0.25, -0.2) is 9.78 Å². The molecule has 0 aliphatic carbocycles. The van der Waals surface area contributed by atoms with Crippen LogP contribution in [0.25, 0.3) is 10.9 Å². The fourth-order valence-corrected chi connectivity index (χ4v) is 2.96. The normalized spacial score (nSPS) is 10.5. The third-order valence-electron chi connectivity index (χ3n) is 3.58. The Labute approximate surface area is 153 Å². The largest absolute Gasteiger partial charge is 0.497 e. The topological polar surface area (TPSA) is 105 Å². The van der Waals surface area contributed by atoms with E-state index in [2.05, 4.69) is 20.6 Å². The van der Waals surface area contributed by atoms with E-state index in [0.29, 0.717) is 27.5 Å². The minimum absolute atomic E-state index is 0.0203. The number of fused-ring (bicyclic) bond motifs is 1. The molecule has 2 heterocycles. The van der Waals surface area contributed by atoms with Crippen molar-refractivity contribution in [3.05, 3.63) is 35.5 Å². The van der Waals surface area contributed by atoms with Gasteiger partial charge in [-0.3, -0.25) is 4.79 Å². The molecule has 0 aliphatic heterocycles. The Balaban J connectivity index is 1.88. The van der Waals surface area contributed by atoms with Crippen molar-refractivity contribution in [1.29, 1.82) is 0 Å². The summed E-state index contributed by atoms with van der Waals surface area (Å²) in [4.78, 5) is 31.7. The van der Waals surface area contributed by atoms with Gasteiger partial charge in [-0.05, 0) is 25.1 Å². The molecule has 1 amide bonds. The van der Waals surface area contributed by atoms with Crippen molar-refractivity contribution in [2.24, 2.45) is 0 Å². The van der Waals surface area contributed by atoms with Crippen LogP contribution in [0.1, 0.15) is 17.4 Å². The number of nitrogens with zero attached hydrogens (tertiary/aromatic N) is 1. The van der Waals surface area contributed by atoms with Gasteiger partial charge in [0.15, 0.2) is 5.13 Å². The Morgan fingerprint density at radius 1 is 1.35 bits per heavy atom. The van der Waals surface area contributed by atoms with Gasteiger partial charge < -0.3 is 25.1 Å². The first kappa shape index (κ1) is 17.7. The zero-order valence-corrected chi connectivity index (χ0v) is 15.1. The molecule has 0 radical (unpaired) electrons. The minimum atomic E-state index is -0.536. The van der Waals surface area contributed by atoms with E-state index < -0.39 is 5.97 Å². The number of anilines is 2. The SMILES string of the molecule is CCOC(=O)c1[nH]c2ccc(OC)cc2c1NC(=O)CNc1nccs1. The second kappa shape index (κ2) is 7.87. The van der Waals surface area contributed by atoms with Crippen molar-refractivity contribution in [2.75, 3.05) is 30.9 Å². The maximum Gasteiger partial charge on any atom is 0.356 e. The van der Waals surface area contributed by atoms with Crippen LogP contribution in [0.15, 0.2) is 29.8 Å². The number of aromatic nitrogens is 2. The molecule has 3 rings (SSSR count). The zero-order chi connectivity index (χ0) is 18.5. The summed E-state index contributed by atoms with van der Waals surface area (Å²) in [5.74, 6) is -0.233. The van der Waals surface area contributed by atoms with E-state index in [-0.39, 0.29) is 24.8 Å². The molecule has 2 aromatic heterocycles. The number of thiazole rings is 1. The average Bonchev–Trinajstić information content (AvgIpc) is 3.28. The summed E-state index contributed by atoms with van der Waals surface area (Å²) < 4.78 is 10.3. The first-order valence-corrected chi connectivity index (χ1v) is 8.80. The van der Waals surface area contributed by atoms with Crippen LogP contribution in [-0.4, -0.2) is 42.1 Å². The molecule has 1 aromatic carbocycles. The first-order valence-electron chi connectivity index (χ1n) is 7.92. The van der Waals surface area contributed by atoms with Gasteiger partial charge in [-0.2, -0.15) is 0 Å². The highest BCUT2D eigenvalue weighted by atomic mass is 32.1. The van der Waals surface area contributed by atoms with Gasteiger partial charge in [0.25, 0.3) is 0 Å². The number of carbonyl (C=O) groups is 2. The number of ether oxygens (including phenoxy) is 2. The van der Waals surface area contributed by atoms with E-state index in [4.69, 9.17) is 9.47 Å². The smallest absolute Gasteiger partial charge is 0.356 e. The molecule has 0 fully saturated rings. The molecule has 0 saturated heterocycles. The highest BCUT2D eigenvalue weighted by Crippen LogP contribution is 2.31. The summed E-state index contributed by atoms with van der Waals surface area (Å²) in [5.41, 5.74) is 1.25. The number of hydrogen-bond donors (Lipinski definition) is 3. The van der Waals surface area contributed by atoms with E-state index in [0.717, 1.165) is 0 Å². The number of H-pyrrole nitrogens is 1. The maximum absolute atomic E-state index is 12.3. The Kier molecular flexibility index (Phi) is 5.37. The zero-order valence-electron chi connectivity index (χ0n) is 14.3. The number of hydrogen-bond acceptors (Lipinski definition) is 7. The standard InChI is InChI=1S/C17H18N4O4S/c1-3-25-16(23)15-14(11-8-10(24-2)4-5-12(11)20-15)21-13(22)9-19-17-18-6-7-26-17/h4-8,20H,3,9H2,1-2H3,(H,18,19)(H,21,22). The number of esters is 1. The molecule has 9 heteroatoms. The van der Waals surface area contributed by atoms with E-state index in [1.807, 2.05) is 5.38 Å². The molecular weight excluding hydrogens is 356 g/mol. The number of amides is 1. The molecule has 3 aromatic rings. The highest BCUT2D eigenvalue weighted by molar-refractivity contribution is 7.13. The van der Waals surface area contributed by atoms with Crippen molar-refractivity contribution in [1.82, 2.24) is 9.97 Å². The molecule has 136 valence electrons. The van der Waals surface area contributed by atoms with Crippen molar-refractivity contribution >= 4 is 44.9 Å². The number of methoxy groups -OCH3 is 1. The predicted molar refractivity (Wildman–Crippen MR) is 100 cm³/mol. The molecule has 0 unspecified atom stereocenters. The highest BCUT2D eigenvalue weighted by Gasteiger charge is 2.21. The summed E-state index contributed by atoms with van der Waals surface area (Å²) in [7, 11) is 1.55. The molecule has 0 spiro atoms. The maximum atomic E-state index is 12.3. The number of rotatable bonds is 7. The van der Waals surface area contributed by atoms with Crippen LogP contribution in [0.5, 0.6) is 5.75 Å². The Hall–Kier alpha value is -3.07. The van der Waals surface area contributed by atoms with Gasteiger partial charge in [0, 0.05) is 22.5 Å². The van der Waals surface area contributed by atoms with E-state index in [9.17, 15) is 9.59 Å². The molecule has 0 atom stereocenters. The van der Waals surface area contributed by atoms with Crippen LogP contribution in [0.3, 0.4) is 0 Å². The van der Waals surface area contributed by atoms with Crippen molar-refractivity contribution in [3.8, 4) is 5.75 Å². The number of benzene rings is 1. The van der Waals surface area contributed by atoms with Crippen LogP contribution < -0.4 is 15.4 Å². The van der Waals surface area contributed by atoms with Crippen LogP contribution in [0, 0.1) is 0 Å². The van der Waals surface area contributed by atoms with E-state index in [1.165, 1.54) is 11.3 Å². The van der Waals surface area contributed by atoms with Crippen LogP contribution in [-0.2, 0) is 9.53 Å². The molecule has 3 N–H and O–H groups in total. The lowest BCUT2D eigenvalue weighted by atomic mass is 10.2. The molecule has 0 aliphatic rings. The second-order valence-electron chi connectivity index (χ2n) is 5.25. The average molecular weight is 374 g/mol. The van der Waals surface area contributed by atoms with Gasteiger partial charge in [0.05, 0.1) is 25.9 Å². The first-order chi connectivity index (χ1) is 12.6. The number of nitrogens with one attached hydrogen (secondary N) is 3. The Morgan fingerprint density at radius 2 is 2.19 bits per heavy atom. The molecule has 0 saturated carbocycles. The molecular formula is C17H18N4O4S. The third kappa shape index (κ3) is 3.77. The Bertz CT molecular complexity index is 920. The lowest BCUT2D eigenvalue weighted by molar-refractivity contribution is -0.114. The third-order valence-corrected chi connectivity index (χ3v) is 4.31. The predicted octanol–water partition coefficient (Wildman–Crippen LogP) is 2.86. The lowest BCUT2D eigenvalue weighted by Gasteiger charge is -2.08. The summed E-state index contributed by atoms with van der Waals surface area (Å²) in [6, 6.07) is 5.29. The van der Waals surface area contributed by atoms with Crippen molar-refractivity contribution in [2.45, 2.75) is 6.92 Å². The quantitative estimate of drug-likeness (QED) is 0.549. The molecule has 8 nitrogen and oxygen atoms in total. The van der Waals surface area contributed by atoms with E-state index in [1.54, 1.807) is 38.4 Å². The van der Waals surface area contributed by atoms with Gasteiger partial charge in [-0.1, -0.05) is 0 Å². The van der Waals surface area contributed by atoms with Crippen molar-refractivity contribution < 1.29 is 19.1 Å². The van der Waals surface area contributed by atoms with Crippen LogP contribution >= 0.6 is 11.3 Å². The van der Waals surface area contributed by atoms with Crippen LogP contribution in [0.4, 0.5) is 10.8 Å². The van der Waals surface area contributed by atoms with Gasteiger partial charge in [0.2, 0.25) is 5.91 Å². The van der Waals surface area contributed by atoms with Crippen molar-refractivity contribution in [3.63, 3.8) is 0 Å². The van der Waals surface area contributed by atoms with Gasteiger partial charge in [-0.15, -0.1) is 11.3 Å². The number of aromatic amines is 1. The van der Waals surface area contributed by atoms with Crippen LogP contribution in [0.2, 0.25) is 0 Å². The summed E-state index contributed by atoms with van der Waals surface area (Å²) in [6.45, 7) is 1.97. The minimum Gasteiger partial charge on any atom is -0.497 e. The number of carbonyl (C=O) groups excluding carboxylic acids is 2. The fraction of sp³-hybridized carbons (Fsp3) is 0.235. The molecule has 0 bridgehead atoms. The van der Waals surface area contributed by atoms with E-state index >= 15 is 0 Å². The van der Waals surface area contributed by atoms with Gasteiger partial charge >= 0.3 is 5.97 Å². The Morgan fingerprint density at radius 3 is 2.88 bits per heavy atom. The monoisotopic (exact) mass is 374 g/mol. The lowest BCUT2D eigenvalue weighted by Crippen LogP contribution is -2.23. The second-order valence-corrected chi connectivity index (χ2v) is 6.14. The summed E-state index contributed by atoms with van der Waals surface area (Å²) >= 11 is 1.40. The summed E-state index contributed by atoms with van der Waals surface area (Å²) in [6.07, 6.45) is 1.65. The molecule has 26 heavy (non-hydrogen) atoms. The fourth-order valence-electron chi connectivity index (χ4n) is 2.43. The summed E-state index contributed by atoms with van der Waals surface area (Å²) in [5, 5.41) is 8.82. The van der Waals surface area contributed by atoms with Gasteiger partial charge in [0.1, 0.15) is 11.4 Å².